The molecular weight excluding hydrogens is 716 g/mol. The number of aryl methyl sites for hydroxylation is 2. The molecule has 0 fully saturated rings. The molecule has 0 unspecified atom stereocenters. The lowest BCUT2D eigenvalue weighted by molar-refractivity contribution is -0.193. The van der Waals surface area contributed by atoms with Crippen LogP contribution in [0.5, 0.6) is 0 Å². The van der Waals surface area contributed by atoms with Crippen LogP contribution < -0.4 is 0 Å². The highest BCUT2D eigenvalue weighted by atomic mass is 16.6. The zero-order chi connectivity index (χ0) is 41.5. The molecule has 20 nitrogen and oxygen atoms in total. The molecule has 0 amide bonds. The number of hydrogen-bond donors (Lipinski definition) is 0. The van der Waals surface area contributed by atoms with Gasteiger partial charge in [-0.15, -0.1) is 0 Å². The summed E-state index contributed by atoms with van der Waals surface area (Å²) >= 11 is 0. The maximum Gasteiger partial charge on any atom is 0.374 e. The number of ether oxygens (including phenoxy) is 4. The molecule has 0 aromatic carbocycles. The van der Waals surface area contributed by atoms with E-state index in [0.717, 1.165) is 12.2 Å². The molecule has 286 valence electrons. The average molecular weight is 751 g/mol. The van der Waals surface area contributed by atoms with Crippen molar-refractivity contribution in [2.45, 2.75) is 34.1 Å². The Hall–Kier alpha value is -7.48. The lowest BCUT2D eigenvalue weighted by Gasteiger charge is -1.96. The van der Waals surface area contributed by atoms with Gasteiger partial charge < -0.3 is 36.6 Å². The van der Waals surface area contributed by atoms with Gasteiger partial charge in [-0.05, 0) is 69.3 Å². The molecule has 0 aliphatic carbocycles. The summed E-state index contributed by atoms with van der Waals surface area (Å²) in [5, 5.41) is 0. The first-order chi connectivity index (χ1) is 25.4. The molecule has 4 aromatic rings. The van der Waals surface area contributed by atoms with Crippen molar-refractivity contribution in [2.75, 3.05) is 27.4 Å². The Labute approximate surface area is 299 Å². The summed E-state index contributed by atoms with van der Waals surface area (Å²) in [5.74, 6) is 0.851. The normalized spacial score (nSPS) is 7.89. The lowest BCUT2D eigenvalue weighted by atomic mass is 10.3. The fourth-order valence-electron chi connectivity index (χ4n) is 2.62. The lowest BCUT2D eigenvalue weighted by Crippen LogP contribution is -2.02. The van der Waals surface area contributed by atoms with Crippen LogP contribution in [0.2, 0.25) is 0 Å². The van der Waals surface area contributed by atoms with Gasteiger partial charge in [0, 0.05) is 6.42 Å². The SMILES string of the molecule is CCOC(=O)c1ccc(CC)o1.CCOC(=O)c1ccco1.COC(=O)c1ccc(C)o1.COC(=O)c1ccco1.O=C=O.O=C=O.O=C=O.O=C=O. The molecule has 0 N–H and O–H groups in total. The second-order valence-electron chi connectivity index (χ2n) is 7.74. The molecule has 4 heterocycles. The van der Waals surface area contributed by atoms with Crippen LogP contribution in [-0.2, 0) is 63.7 Å². The molecular formula is C33H34O20. The zero-order valence-electron chi connectivity index (χ0n) is 29.1. The Morgan fingerprint density at radius 3 is 1.19 bits per heavy atom. The van der Waals surface area contributed by atoms with Crippen molar-refractivity contribution in [3.05, 3.63) is 95.6 Å². The average Bonchev–Trinajstić information content (AvgIpc) is 3.99. The maximum atomic E-state index is 11.1. The quantitative estimate of drug-likeness (QED) is 0.192. The van der Waals surface area contributed by atoms with Gasteiger partial charge >= 0.3 is 48.5 Å². The van der Waals surface area contributed by atoms with Crippen LogP contribution >= 0.6 is 0 Å². The minimum absolute atomic E-state index is 0.234. The second kappa shape index (κ2) is 37.3. The molecule has 0 saturated carbocycles. The molecule has 0 aliphatic rings. The van der Waals surface area contributed by atoms with Crippen molar-refractivity contribution in [1.82, 2.24) is 0 Å². The summed E-state index contributed by atoms with van der Waals surface area (Å²) in [6.07, 6.45) is 4.65. The summed E-state index contributed by atoms with van der Waals surface area (Å²) in [4.78, 5) is 108. The van der Waals surface area contributed by atoms with Crippen molar-refractivity contribution in [2.24, 2.45) is 0 Å². The Kier molecular flexibility index (Phi) is 36.9. The largest absolute Gasteiger partial charge is 0.463 e. The standard InChI is InChI=1S/C9H12O3.2C7H8O3.C6H6O3.4CO2/c1-3-7-5-6-8(12-7)9(10)11-4-2;1-5-3-4-6(10-5)7(8)9-2;1-2-9-7(8)6-4-3-5-10-6;1-8-6(7)5-3-2-4-9-5;4*2-1-3/h5-6H,3-4H2,1-2H3;3-4H,1-2H3;3-5H,2H2,1H3;2-4H,1H3;;;;. The van der Waals surface area contributed by atoms with Crippen LogP contribution in [0.4, 0.5) is 0 Å². The van der Waals surface area contributed by atoms with Gasteiger partial charge in [0.15, 0.2) is 0 Å². The summed E-state index contributed by atoms with van der Waals surface area (Å²) in [5.41, 5.74) is 0. The first-order valence-corrected chi connectivity index (χ1v) is 14.1. The van der Waals surface area contributed by atoms with E-state index in [1.807, 2.05) is 6.92 Å². The molecule has 0 saturated heterocycles. The Balaban J connectivity index is -0.000000275. The number of methoxy groups -OCH3 is 2. The Morgan fingerprint density at radius 1 is 0.528 bits per heavy atom. The summed E-state index contributed by atoms with van der Waals surface area (Å²) < 4.78 is 37.8. The van der Waals surface area contributed by atoms with Crippen LogP contribution in [0.3, 0.4) is 0 Å². The van der Waals surface area contributed by atoms with E-state index >= 15 is 0 Å². The smallest absolute Gasteiger partial charge is 0.374 e. The number of rotatable bonds is 7. The molecule has 53 heavy (non-hydrogen) atoms. The second-order valence-corrected chi connectivity index (χ2v) is 7.74. The third-order valence-electron chi connectivity index (χ3n) is 4.52. The van der Waals surface area contributed by atoms with E-state index in [1.165, 1.54) is 26.7 Å². The minimum atomic E-state index is -0.444. The predicted molar refractivity (Wildman–Crippen MR) is 164 cm³/mol. The molecule has 20 heteroatoms. The molecule has 0 atom stereocenters. The van der Waals surface area contributed by atoms with Crippen molar-refractivity contribution in [3.8, 4) is 0 Å². The molecule has 0 spiro atoms. The molecule has 4 aromatic heterocycles. The highest BCUT2D eigenvalue weighted by molar-refractivity contribution is 5.87. The van der Waals surface area contributed by atoms with E-state index in [1.54, 1.807) is 69.3 Å². The van der Waals surface area contributed by atoms with Crippen molar-refractivity contribution >= 4 is 48.5 Å². The van der Waals surface area contributed by atoms with Crippen molar-refractivity contribution in [1.29, 1.82) is 0 Å². The number of esters is 4. The van der Waals surface area contributed by atoms with Crippen LogP contribution in [0.25, 0.3) is 0 Å². The van der Waals surface area contributed by atoms with E-state index in [4.69, 9.17) is 60.8 Å². The number of furan rings is 4. The third kappa shape index (κ3) is 29.2. The minimum Gasteiger partial charge on any atom is -0.463 e. The van der Waals surface area contributed by atoms with E-state index in [-0.39, 0.29) is 47.6 Å². The van der Waals surface area contributed by atoms with Gasteiger partial charge in [0.05, 0.1) is 40.0 Å². The topological polar surface area (TPSA) is 294 Å². The Bertz CT molecular complexity index is 1620. The van der Waals surface area contributed by atoms with Gasteiger partial charge in [0.25, 0.3) is 0 Å². The van der Waals surface area contributed by atoms with Crippen LogP contribution in [0.1, 0.15) is 74.5 Å². The summed E-state index contributed by atoms with van der Waals surface area (Å²) in [6, 6.07) is 13.1. The summed E-state index contributed by atoms with van der Waals surface area (Å²) in [6.45, 7) is 8.00. The monoisotopic (exact) mass is 750 g/mol. The van der Waals surface area contributed by atoms with Gasteiger partial charge in [-0.25, -0.2) is 19.2 Å². The van der Waals surface area contributed by atoms with Crippen LogP contribution in [-0.4, -0.2) is 75.9 Å². The van der Waals surface area contributed by atoms with Gasteiger partial charge in [-0.2, -0.15) is 38.4 Å². The van der Waals surface area contributed by atoms with Crippen LogP contribution in [0, 0.1) is 6.92 Å². The summed E-state index contributed by atoms with van der Waals surface area (Å²) in [7, 11) is 2.63. The Morgan fingerprint density at radius 2 is 0.887 bits per heavy atom. The molecule has 4 rings (SSSR count). The first kappa shape index (κ1) is 52.3. The number of carbonyl (C=O) groups excluding carboxylic acids is 12. The van der Waals surface area contributed by atoms with Gasteiger partial charge in [0.2, 0.25) is 23.0 Å². The molecule has 0 aliphatic heterocycles. The van der Waals surface area contributed by atoms with Gasteiger partial charge in [0.1, 0.15) is 11.5 Å². The van der Waals surface area contributed by atoms with E-state index in [2.05, 4.69) is 14.2 Å². The zero-order valence-corrected chi connectivity index (χ0v) is 29.1. The van der Waals surface area contributed by atoms with Crippen molar-refractivity contribution in [3.63, 3.8) is 0 Å². The van der Waals surface area contributed by atoms with Crippen molar-refractivity contribution < 1.29 is 94.2 Å². The molecule has 0 bridgehead atoms. The fourth-order valence-corrected chi connectivity index (χ4v) is 2.62. The maximum absolute atomic E-state index is 11.1. The van der Waals surface area contributed by atoms with Crippen LogP contribution in [0.15, 0.2) is 78.7 Å². The van der Waals surface area contributed by atoms with E-state index in [9.17, 15) is 19.2 Å². The first-order valence-electron chi connectivity index (χ1n) is 14.1. The highest BCUT2D eigenvalue weighted by Crippen LogP contribution is 2.09. The number of hydrogen-bond acceptors (Lipinski definition) is 20. The number of carbonyl (C=O) groups is 4. The van der Waals surface area contributed by atoms with Gasteiger partial charge in [-0.1, -0.05) is 6.92 Å². The molecule has 0 radical (unpaired) electrons. The third-order valence-corrected chi connectivity index (χ3v) is 4.52. The van der Waals surface area contributed by atoms with E-state index in [0.29, 0.717) is 19.0 Å². The predicted octanol–water partition coefficient (Wildman–Crippen LogP) is 3.58. The van der Waals surface area contributed by atoms with E-state index < -0.39 is 23.9 Å². The van der Waals surface area contributed by atoms with Gasteiger partial charge in [-0.3, -0.25) is 0 Å². The highest BCUT2D eigenvalue weighted by Gasteiger charge is 2.11. The fraction of sp³-hybridized carbons (Fsp3) is 0.273.